The van der Waals surface area contributed by atoms with Gasteiger partial charge >= 0.3 is 12.3 Å². The van der Waals surface area contributed by atoms with Crippen molar-refractivity contribution in [1.29, 1.82) is 0 Å². The van der Waals surface area contributed by atoms with Crippen LogP contribution in [0.25, 0.3) is 28.1 Å². The maximum absolute atomic E-state index is 14.0. The fourth-order valence-corrected chi connectivity index (χ4v) is 4.08. The summed E-state index contributed by atoms with van der Waals surface area (Å²) < 4.78 is 26.3. The van der Waals surface area contributed by atoms with E-state index in [1.165, 1.54) is 0 Å². The van der Waals surface area contributed by atoms with Crippen molar-refractivity contribution in [2.24, 2.45) is 0 Å². The summed E-state index contributed by atoms with van der Waals surface area (Å²) >= 11 is 0. The van der Waals surface area contributed by atoms with Crippen LogP contribution in [0.5, 0.6) is 17.4 Å². The minimum absolute atomic E-state index is 0.0132. The van der Waals surface area contributed by atoms with Gasteiger partial charge < -0.3 is 58.9 Å². The van der Waals surface area contributed by atoms with Gasteiger partial charge in [0, 0.05) is 12.0 Å². The molecule has 0 bridgehead atoms. The molecule has 0 unspecified atom stereocenters. The molecule has 3 aromatic heterocycles. The highest BCUT2D eigenvalue weighted by atomic mass is 16.9. The molecule has 5 aromatic rings. The summed E-state index contributed by atoms with van der Waals surface area (Å²) in [4.78, 5) is 18.0. The van der Waals surface area contributed by atoms with E-state index in [1.54, 1.807) is 31.2 Å². The topological polar surface area (TPSA) is 269 Å². The highest BCUT2D eigenvalue weighted by Gasteiger charge is 2.32. The van der Waals surface area contributed by atoms with Crippen LogP contribution < -0.4 is 15.0 Å². The lowest BCUT2D eigenvalue weighted by Gasteiger charge is -2.24. The standard InChI is InChI=1S/C25H23N5O13/c1-2-39-11-17-26-21(31)19(22-28-27-18(40-22)10-13-12-6-3-4-7-14(12)43-29-13)23(32)30(17)20-15(41-24(33,34)35)8-5-9-16(20)42-25(36,37)38/h3-9,31,33-38H,2,10-11H2,1H3. The van der Waals surface area contributed by atoms with Crippen LogP contribution in [-0.4, -0.2) is 79.6 Å². The molecule has 0 spiro atoms. The van der Waals surface area contributed by atoms with Crippen LogP contribution in [0, 0.1) is 0 Å². The molecule has 0 saturated carbocycles. The number of ether oxygens (including phenoxy) is 3. The number of benzene rings is 2. The van der Waals surface area contributed by atoms with Gasteiger partial charge in [-0.25, -0.2) is 0 Å². The molecule has 43 heavy (non-hydrogen) atoms. The summed E-state index contributed by atoms with van der Waals surface area (Å²) in [6.45, 7) is 1.28. The number of aromatic nitrogens is 5. The first-order valence-corrected chi connectivity index (χ1v) is 12.3. The summed E-state index contributed by atoms with van der Waals surface area (Å²) in [5, 5.41) is 80.1. The molecule has 7 N–H and O–H groups in total. The Morgan fingerprint density at radius 3 is 2.26 bits per heavy atom. The molecule has 3 heterocycles. The minimum atomic E-state index is -3.80. The van der Waals surface area contributed by atoms with Crippen LogP contribution in [0.15, 0.2) is 56.2 Å². The number of rotatable bonds is 11. The van der Waals surface area contributed by atoms with Crippen molar-refractivity contribution >= 4 is 11.0 Å². The third-order valence-electron chi connectivity index (χ3n) is 5.70. The Bertz CT molecular complexity index is 1780. The van der Waals surface area contributed by atoms with Crippen molar-refractivity contribution in [2.75, 3.05) is 6.61 Å². The Kier molecular flexibility index (Phi) is 7.82. The van der Waals surface area contributed by atoms with Gasteiger partial charge in [0.25, 0.3) is 11.4 Å². The first-order chi connectivity index (χ1) is 20.3. The maximum atomic E-state index is 14.0. The number of aliphatic hydroxyl groups is 6. The molecule has 0 atom stereocenters. The molecule has 0 saturated heterocycles. The monoisotopic (exact) mass is 601 g/mol. The van der Waals surface area contributed by atoms with Crippen molar-refractivity contribution in [2.45, 2.75) is 32.3 Å². The first-order valence-electron chi connectivity index (χ1n) is 12.3. The van der Waals surface area contributed by atoms with E-state index in [2.05, 4.69) is 20.3 Å². The van der Waals surface area contributed by atoms with Crippen molar-refractivity contribution in [3.8, 4) is 34.5 Å². The first kappa shape index (κ1) is 29.5. The van der Waals surface area contributed by atoms with Crippen LogP contribution in [-0.2, 0) is 17.8 Å². The summed E-state index contributed by atoms with van der Waals surface area (Å²) in [7, 11) is 0. The number of aromatic hydroxyl groups is 1. The van der Waals surface area contributed by atoms with E-state index in [0.717, 1.165) is 18.2 Å². The summed E-state index contributed by atoms with van der Waals surface area (Å²) in [6.07, 6.45) is -7.61. The molecule has 5 rings (SSSR count). The SMILES string of the molecule is CCOCc1nc(O)c(-c2nnc(Cc3noc4ccccc34)o2)c(=O)n1-c1c(OC(O)(O)O)cccc1OC(O)(O)O. The van der Waals surface area contributed by atoms with Crippen LogP contribution in [0.2, 0.25) is 0 Å². The molecule has 0 radical (unpaired) electrons. The van der Waals surface area contributed by atoms with Gasteiger partial charge in [0.05, 0.1) is 6.42 Å². The highest BCUT2D eigenvalue weighted by molar-refractivity contribution is 5.79. The molecule has 226 valence electrons. The third kappa shape index (κ3) is 6.44. The number of hydrogen-bond donors (Lipinski definition) is 7. The average Bonchev–Trinajstić information content (AvgIpc) is 3.54. The molecule has 0 aliphatic carbocycles. The fourth-order valence-electron chi connectivity index (χ4n) is 4.08. The molecule has 2 aromatic carbocycles. The van der Waals surface area contributed by atoms with Crippen LogP contribution >= 0.6 is 0 Å². The molecule has 0 fully saturated rings. The van der Waals surface area contributed by atoms with Gasteiger partial charge in [-0.15, -0.1) is 10.2 Å². The van der Waals surface area contributed by atoms with E-state index < -0.39 is 59.0 Å². The number of para-hydroxylation sites is 2. The predicted molar refractivity (Wildman–Crippen MR) is 137 cm³/mol. The highest BCUT2D eigenvalue weighted by Crippen LogP contribution is 2.36. The zero-order valence-corrected chi connectivity index (χ0v) is 22.0. The van der Waals surface area contributed by atoms with Gasteiger partial charge in [-0.05, 0) is 31.2 Å². The molecule has 0 amide bonds. The van der Waals surface area contributed by atoms with E-state index in [9.17, 15) is 40.5 Å². The maximum Gasteiger partial charge on any atom is 0.453 e. The summed E-state index contributed by atoms with van der Waals surface area (Å²) in [6, 6.07) is 10.2. The lowest BCUT2D eigenvalue weighted by atomic mass is 10.2. The lowest BCUT2D eigenvalue weighted by molar-refractivity contribution is -0.420. The Hall–Kier alpha value is -4.95. The van der Waals surface area contributed by atoms with Crippen molar-refractivity contribution in [3.63, 3.8) is 0 Å². The molecule has 0 aliphatic rings. The van der Waals surface area contributed by atoms with Gasteiger partial charge in [-0.3, -0.25) is 9.36 Å². The second-order valence-electron chi connectivity index (χ2n) is 8.76. The normalized spacial score (nSPS) is 12.2. The third-order valence-corrected chi connectivity index (χ3v) is 5.70. The molecular formula is C25H23N5O13. The molecular weight excluding hydrogens is 578 g/mol. The largest absolute Gasteiger partial charge is 0.493 e. The summed E-state index contributed by atoms with van der Waals surface area (Å²) in [5.74, 6) is -3.19. The number of hydrogen-bond acceptors (Lipinski definition) is 17. The quantitative estimate of drug-likeness (QED) is 0.0912. The minimum Gasteiger partial charge on any atom is -0.493 e. The van der Waals surface area contributed by atoms with E-state index in [4.69, 9.17) is 23.2 Å². The molecule has 0 aliphatic heterocycles. The second-order valence-corrected chi connectivity index (χ2v) is 8.76. The van der Waals surface area contributed by atoms with Crippen LogP contribution in [0.3, 0.4) is 0 Å². The van der Waals surface area contributed by atoms with Crippen molar-refractivity contribution in [1.82, 2.24) is 24.9 Å². The van der Waals surface area contributed by atoms with Gasteiger partial charge in [0.2, 0.25) is 11.8 Å². The van der Waals surface area contributed by atoms with E-state index in [-0.39, 0.29) is 24.7 Å². The van der Waals surface area contributed by atoms with E-state index >= 15 is 0 Å². The molecule has 18 heteroatoms. The van der Waals surface area contributed by atoms with Crippen LogP contribution in [0.1, 0.15) is 24.3 Å². The number of fused-ring (bicyclic) bond motifs is 1. The average molecular weight is 601 g/mol. The Morgan fingerprint density at radius 2 is 1.60 bits per heavy atom. The van der Waals surface area contributed by atoms with Gasteiger partial charge in [-0.1, -0.05) is 23.4 Å². The fraction of sp³-hybridized carbons (Fsp3) is 0.240. The molecule has 18 nitrogen and oxygen atoms in total. The van der Waals surface area contributed by atoms with Gasteiger partial charge in [0.15, 0.2) is 22.6 Å². The van der Waals surface area contributed by atoms with Gasteiger partial charge in [0.1, 0.15) is 23.8 Å². The summed E-state index contributed by atoms with van der Waals surface area (Å²) in [5.41, 5.74) is -1.51. The lowest BCUT2D eigenvalue weighted by Crippen LogP contribution is -2.37. The van der Waals surface area contributed by atoms with Crippen molar-refractivity contribution < 1.29 is 58.9 Å². The van der Waals surface area contributed by atoms with E-state index in [0.29, 0.717) is 21.2 Å². The number of nitrogens with zero attached hydrogens (tertiary/aromatic N) is 5. The van der Waals surface area contributed by atoms with Crippen molar-refractivity contribution in [3.05, 3.63) is 70.2 Å². The Morgan fingerprint density at radius 1 is 0.930 bits per heavy atom. The zero-order valence-electron chi connectivity index (χ0n) is 22.0. The smallest absolute Gasteiger partial charge is 0.453 e. The van der Waals surface area contributed by atoms with Gasteiger partial charge in [-0.2, -0.15) is 4.98 Å². The Balaban J connectivity index is 1.68. The van der Waals surface area contributed by atoms with E-state index in [1.807, 2.05) is 0 Å². The Labute approximate surface area is 238 Å². The zero-order chi connectivity index (χ0) is 30.9. The predicted octanol–water partition coefficient (Wildman–Crippen LogP) is -0.809. The van der Waals surface area contributed by atoms with Crippen LogP contribution in [0.4, 0.5) is 0 Å². The second kappa shape index (κ2) is 11.4.